The average Bonchev–Trinajstić information content (AvgIpc) is 3.11. The van der Waals surface area contributed by atoms with E-state index in [1.54, 1.807) is 0 Å². The third kappa shape index (κ3) is 3.85. The highest BCUT2D eigenvalue weighted by Crippen LogP contribution is 2.40. The standard InChI is InChI=1S/C20H28N4O2S/c1-4-23-19(15-7-8-15)21-22-20(23)27-12-18(25)17-10-13(2)24(14(17)3)11-16-6-5-9-26-16/h10,15-16H,4-9,11-12H2,1-3H3/t16-/m0/s1. The van der Waals surface area contributed by atoms with Crippen molar-refractivity contribution in [1.29, 1.82) is 0 Å². The Morgan fingerprint density at radius 1 is 1.26 bits per heavy atom. The van der Waals surface area contributed by atoms with Crippen molar-refractivity contribution in [3.63, 3.8) is 0 Å². The molecule has 0 amide bonds. The van der Waals surface area contributed by atoms with E-state index < -0.39 is 0 Å². The maximum atomic E-state index is 12.9. The fourth-order valence-electron chi connectivity index (χ4n) is 3.91. The molecule has 0 radical (unpaired) electrons. The van der Waals surface area contributed by atoms with Crippen LogP contribution in [-0.4, -0.2) is 43.6 Å². The van der Waals surface area contributed by atoms with Gasteiger partial charge < -0.3 is 13.9 Å². The van der Waals surface area contributed by atoms with E-state index in [0.29, 0.717) is 11.7 Å². The van der Waals surface area contributed by atoms with Gasteiger partial charge in [0.2, 0.25) is 0 Å². The second kappa shape index (κ2) is 7.80. The van der Waals surface area contributed by atoms with Gasteiger partial charge in [-0.1, -0.05) is 11.8 Å². The SMILES string of the molecule is CCn1c(SCC(=O)c2cc(C)n(C[C@@H]3CCCO3)c2C)nnc1C1CC1. The Hall–Kier alpha value is -1.60. The number of carbonyl (C=O) groups excluding carboxylic acids is 1. The molecule has 4 rings (SSSR count). The number of rotatable bonds is 8. The first kappa shape index (κ1) is 18.7. The summed E-state index contributed by atoms with van der Waals surface area (Å²) < 4.78 is 10.2. The molecule has 1 aliphatic carbocycles. The van der Waals surface area contributed by atoms with Crippen LogP contribution in [0.4, 0.5) is 0 Å². The molecule has 7 heteroatoms. The van der Waals surface area contributed by atoms with Crippen LogP contribution in [-0.2, 0) is 17.8 Å². The number of aryl methyl sites for hydroxylation is 1. The van der Waals surface area contributed by atoms with Crippen LogP contribution in [0.1, 0.15) is 66.1 Å². The summed E-state index contributed by atoms with van der Waals surface area (Å²) in [4.78, 5) is 12.9. The van der Waals surface area contributed by atoms with Gasteiger partial charge in [-0.2, -0.15) is 0 Å². The number of nitrogens with zero attached hydrogens (tertiary/aromatic N) is 4. The molecule has 2 aromatic rings. The smallest absolute Gasteiger partial charge is 0.191 e. The zero-order valence-corrected chi connectivity index (χ0v) is 17.2. The number of hydrogen-bond acceptors (Lipinski definition) is 5. The summed E-state index contributed by atoms with van der Waals surface area (Å²) in [6.45, 7) is 8.77. The van der Waals surface area contributed by atoms with Gasteiger partial charge in [0.1, 0.15) is 5.82 Å². The molecule has 0 unspecified atom stereocenters. The largest absolute Gasteiger partial charge is 0.376 e. The first-order valence-corrected chi connectivity index (χ1v) is 10.9. The third-order valence-electron chi connectivity index (χ3n) is 5.62. The van der Waals surface area contributed by atoms with Crippen LogP contribution in [0.3, 0.4) is 0 Å². The predicted octanol–water partition coefficient (Wildman–Crippen LogP) is 3.75. The normalized spacial score (nSPS) is 19.7. The van der Waals surface area contributed by atoms with E-state index in [9.17, 15) is 4.79 Å². The van der Waals surface area contributed by atoms with Crippen LogP contribution in [0.15, 0.2) is 11.2 Å². The predicted molar refractivity (Wildman–Crippen MR) is 106 cm³/mol. The fraction of sp³-hybridized carbons (Fsp3) is 0.650. The number of ketones is 1. The van der Waals surface area contributed by atoms with Gasteiger partial charge in [0.25, 0.3) is 0 Å². The topological polar surface area (TPSA) is 61.9 Å². The summed E-state index contributed by atoms with van der Waals surface area (Å²) >= 11 is 1.50. The van der Waals surface area contributed by atoms with Gasteiger partial charge in [-0.3, -0.25) is 4.79 Å². The Balaban J connectivity index is 1.44. The summed E-state index contributed by atoms with van der Waals surface area (Å²) in [6, 6.07) is 2.02. The Kier molecular flexibility index (Phi) is 5.41. The molecule has 146 valence electrons. The van der Waals surface area contributed by atoms with E-state index in [1.807, 2.05) is 13.0 Å². The minimum Gasteiger partial charge on any atom is -0.376 e. The molecule has 1 aliphatic heterocycles. The minimum absolute atomic E-state index is 0.158. The Morgan fingerprint density at radius 2 is 2.07 bits per heavy atom. The van der Waals surface area contributed by atoms with Gasteiger partial charge in [0.05, 0.1) is 11.9 Å². The molecule has 2 fully saturated rings. The monoisotopic (exact) mass is 388 g/mol. The summed E-state index contributed by atoms with van der Waals surface area (Å²) in [5.74, 6) is 2.21. The van der Waals surface area contributed by atoms with Crippen LogP contribution in [0, 0.1) is 13.8 Å². The molecule has 1 atom stereocenters. The molecular formula is C20H28N4O2S. The van der Waals surface area contributed by atoms with Gasteiger partial charge in [-0.05, 0) is 52.5 Å². The van der Waals surface area contributed by atoms with Crippen molar-refractivity contribution in [2.75, 3.05) is 12.4 Å². The number of ether oxygens (including phenoxy) is 1. The summed E-state index contributed by atoms with van der Waals surface area (Å²) in [6.07, 6.45) is 4.92. The Morgan fingerprint density at radius 3 is 2.74 bits per heavy atom. The molecule has 0 N–H and O–H groups in total. The maximum Gasteiger partial charge on any atom is 0.191 e. The van der Waals surface area contributed by atoms with Crippen LogP contribution >= 0.6 is 11.8 Å². The Labute approximate surface area is 164 Å². The van der Waals surface area contributed by atoms with Gasteiger partial charge in [-0.25, -0.2) is 0 Å². The van der Waals surface area contributed by atoms with Crippen molar-refractivity contribution in [3.05, 3.63) is 28.8 Å². The molecule has 3 heterocycles. The lowest BCUT2D eigenvalue weighted by Crippen LogP contribution is -2.17. The van der Waals surface area contributed by atoms with Crippen molar-refractivity contribution in [2.24, 2.45) is 0 Å². The molecular weight excluding hydrogens is 360 g/mol. The molecule has 27 heavy (non-hydrogen) atoms. The lowest BCUT2D eigenvalue weighted by atomic mass is 10.2. The van der Waals surface area contributed by atoms with E-state index in [4.69, 9.17) is 4.74 Å². The first-order chi connectivity index (χ1) is 13.1. The fourth-order valence-corrected chi connectivity index (χ4v) is 4.80. The highest BCUT2D eigenvalue weighted by molar-refractivity contribution is 7.99. The number of hydrogen-bond donors (Lipinski definition) is 0. The van der Waals surface area contributed by atoms with Crippen molar-refractivity contribution in [1.82, 2.24) is 19.3 Å². The second-order valence-electron chi connectivity index (χ2n) is 7.60. The van der Waals surface area contributed by atoms with E-state index in [2.05, 4.69) is 33.2 Å². The summed E-state index contributed by atoms with van der Waals surface area (Å²) in [5.41, 5.74) is 3.00. The van der Waals surface area contributed by atoms with Crippen LogP contribution in [0.2, 0.25) is 0 Å². The zero-order valence-electron chi connectivity index (χ0n) is 16.4. The van der Waals surface area contributed by atoms with Crippen molar-refractivity contribution in [3.8, 4) is 0 Å². The van der Waals surface area contributed by atoms with Gasteiger partial charge >= 0.3 is 0 Å². The lowest BCUT2D eigenvalue weighted by Gasteiger charge is -2.14. The Bertz CT molecular complexity index is 831. The zero-order chi connectivity index (χ0) is 19.0. The molecule has 0 spiro atoms. The van der Waals surface area contributed by atoms with E-state index in [-0.39, 0.29) is 11.9 Å². The number of thioether (sulfide) groups is 1. The van der Waals surface area contributed by atoms with Crippen molar-refractivity contribution in [2.45, 2.75) is 76.7 Å². The number of carbonyl (C=O) groups is 1. The van der Waals surface area contributed by atoms with E-state index in [0.717, 1.165) is 60.5 Å². The molecule has 0 aromatic carbocycles. The van der Waals surface area contributed by atoms with E-state index >= 15 is 0 Å². The molecule has 1 saturated carbocycles. The van der Waals surface area contributed by atoms with Gasteiger partial charge in [0, 0.05) is 42.6 Å². The summed E-state index contributed by atoms with van der Waals surface area (Å²) in [5, 5.41) is 9.55. The van der Waals surface area contributed by atoms with Crippen LogP contribution in [0.5, 0.6) is 0 Å². The number of Topliss-reactive ketones (excluding diaryl/α,β-unsaturated/α-hetero) is 1. The van der Waals surface area contributed by atoms with Gasteiger partial charge in [-0.15, -0.1) is 10.2 Å². The molecule has 2 aromatic heterocycles. The van der Waals surface area contributed by atoms with Crippen molar-refractivity contribution < 1.29 is 9.53 Å². The maximum absolute atomic E-state index is 12.9. The average molecular weight is 389 g/mol. The highest BCUT2D eigenvalue weighted by Gasteiger charge is 2.30. The molecule has 2 aliphatic rings. The molecule has 6 nitrogen and oxygen atoms in total. The molecule has 1 saturated heterocycles. The third-order valence-corrected chi connectivity index (χ3v) is 6.59. The lowest BCUT2D eigenvalue weighted by molar-refractivity contribution is 0.0957. The quantitative estimate of drug-likeness (QED) is 0.509. The highest BCUT2D eigenvalue weighted by atomic mass is 32.2. The van der Waals surface area contributed by atoms with Crippen molar-refractivity contribution >= 4 is 17.5 Å². The van der Waals surface area contributed by atoms with Crippen LogP contribution < -0.4 is 0 Å². The molecule has 0 bridgehead atoms. The minimum atomic E-state index is 0.158. The summed E-state index contributed by atoms with van der Waals surface area (Å²) in [7, 11) is 0. The number of aromatic nitrogens is 4. The van der Waals surface area contributed by atoms with E-state index in [1.165, 1.54) is 24.6 Å². The van der Waals surface area contributed by atoms with Gasteiger partial charge in [0.15, 0.2) is 10.9 Å². The van der Waals surface area contributed by atoms with Crippen LogP contribution in [0.25, 0.3) is 0 Å². The first-order valence-electron chi connectivity index (χ1n) is 9.96. The second-order valence-corrected chi connectivity index (χ2v) is 8.54.